The van der Waals surface area contributed by atoms with E-state index >= 15 is 4.39 Å². The van der Waals surface area contributed by atoms with Gasteiger partial charge < -0.3 is 4.90 Å². The molecule has 0 radical (unpaired) electrons. The lowest BCUT2D eigenvalue weighted by Gasteiger charge is -2.44. The van der Waals surface area contributed by atoms with Crippen molar-refractivity contribution in [1.82, 2.24) is 14.7 Å². The van der Waals surface area contributed by atoms with Crippen molar-refractivity contribution in [2.24, 2.45) is 5.92 Å². The fraction of sp³-hybridized carbons (Fsp3) is 0.562. The van der Waals surface area contributed by atoms with Crippen LogP contribution in [0.3, 0.4) is 0 Å². The summed E-state index contributed by atoms with van der Waals surface area (Å²) in [4.78, 5) is 33.3. The molecule has 5 nitrogen and oxygen atoms in total. The van der Waals surface area contributed by atoms with Crippen LogP contribution in [-0.2, 0) is 16.0 Å². The molecule has 2 fully saturated rings. The summed E-state index contributed by atoms with van der Waals surface area (Å²) >= 11 is 6.04. The van der Waals surface area contributed by atoms with E-state index in [0.717, 1.165) is 0 Å². The van der Waals surface area contributed by atoms with Crippen LogP contribution in [0, 0.1) is 25.6 Å². The molecule has 2 aromatic rings. The van der Waals surface area contributed by atoms with Crippen LogP contribution in [0.25, 0.3) is 0 Å². The van der Waals surface area contributed by atoms with E-state index in [4.69, 9.17) is 11.6 Å². The molecule has 0 spiro atoms. The molecule has 0 aliphatic carbocycles. The van der Waals surface area contributed by atoms with E-state index in [9.17, 15) is 9.59 Å². The van der Waals surface area contributed by atoms with Crippen LogP contribution in [0.15, 0.2) is 36.4 Å². The predicted octanol–water partition coefficient (Wildman–Crippen LogP) is 5.64. The summed E-state index contributed by atoms with van der Waals surface area (Å²) in [7, 11) is 0. The molecule has 1 amide bonds. The van der Waals surface area contributed by atoms with Gasteiger partial charge in [-0.1, -0.05) is 41.4 Å². The van der Waals surface area contributed by atoms with Crippen LogP contribution in [0.1, 0.15) is 62.8 Å². The van der Waals surface area contributed by atoms with E-state index in [0.29, 0.717) is 49.7 Å². The lowest BCUT2D eigenvalue weighted by atomic mass is 9.87. The number of halogens is 2. The SMILES string of the molecule is CC(=O)[C@H](Cc1ccc(C)cc1C)N1CCN(C(=O)[C@@H]2CN(C(C)(C)C)C[C@H]2c2ccc(Cl)cc2F)[C@@H](C)C1. The first-order valence-corrected chi connectivity index (χ1v) is 14.4. The van der Waals surface area contributed by atoms with E-state index < -0.39 is 0 Å². The highest BCUT2D eigenvalue weighted by molar-refractivity contribution is 6.30. The largest absolute Gasteiger partial charge is 0.337 e. The number of aryl methyl sites for hydroxylation is 2. The Kier molecular flexibility index (Phi) is 8.89. The molecule has 2 aromatic carbocycles. The summed E-state index contributed by atoms with van der Waals surface area (Å²) in [6.45, 7) is 17.3. The van der Waals surface area contributed by atoms with Gasteiger partial charge in [0.15, 0.2) is 0 Å². The van der Waals surface area contributed by atoms with Crippen LogP contribution in [0.4, 0.5) is 4.39 Å². The molecule has 0 saturated carbocycles. The molecular weight excluding hydrogens is 513 g/mol. The van der Waals surface area contributed by atoms with Crippen molar-refractivity contribution in [3.63, 3.8) is 0 Å². The zero-order valence-corrected chi connectivity index (χ0v) is 25.2. The summed E-state index contributed by atoms with van der Waals surface area (Å²) in [5.74, 6) is -0.713. The molecule has 2 saturated heterocycles. The number of nitrogens with zero attached hydrogens (tertiary/aromatic N) is 3. The van der Waals surface area contributed by atoms with Crippen molar-refractivity contribution >= 4 is 23.3 Å². The van der Waals surface area contributed by atoms with E-state index in [-0.39, 0.29) is 47.0 Å². The summed E-state index contributed by atoms with van der Waals surface area (Å²) in [5, 5.41) is 0.357. The fourth-order valence-electron chi connectivity index (χ4n) is 6.34. The molecule has 7 heteroatoms. The van der Waals surface area contributed by atoms with Crippen LogP contribution in [0.5, 0.6) is 0 Å². The van der Waals surface area contributed by atoms with Gasteiger partial charge in [-0.25, -0.2) is 4.39 Å². The smallest absolute Gasteiger partial charge is 0.227 e. The van der Waals surface area contributed by atoms with E-state index in [1.54, 1.807) is 19.1 Å². The maximum Gasteiger partial charge on any atom is 0.227 e. The Hall–Kier alpha value is -2.28. The molecule has 0 unspecified atom stereocenters. The number of amides is 1. The maximum atomic E-state index is 15.1. The zero-order valence-electron chi connectivity index (χ0n) is 24.4. The minimum absolute atomic E-state index is 0.0494. The van der Waals surface area contributed by atoms with Crippen molar-refractivity contribution in [2.45, 2.75) is 78.4 Å². The lowest BCUT2D eigenvalue weighted by molar-refractivity contribution is -0.141. The number of Topliss-reactive ketones (excluding diaryl/α,β-unsaturated/α-hetero) is 1. The van der Waals surface area contributed by atoms with Gasteiger partial charge in [-0.05, 0) is 83.7 Å². The molecule has 2 aliphatic heterocycles. The number of hydrogen-bond acceptors (Lipinski definition) is 4. The van der Waals surface area contributed by atoms with Crippen molar-refractivity contribution in [2.75, 3.05) is 32.7 Å². The van der Waals surface area contributed by atoms with E-state index in [1.807, 2.05) is 4.90 Å². The lowest BCUT2D eigenvalue weighted by Crippen LogP contribution is -2.59. The Balaban J connectivity index is 1.52. The number of carbonyl (C=O) groups excluding carboxylic acids is 2. The molecule has 212 valence electrons. The number of carbonyl (C=O) groups is 2. The van der Waals surface area contributed by atoms with Gasteiger partial charge in [0.05, 0.1) is 12.0 Å². The third kappa shape index (κ3) is 6.55. The highest BCUT2D eigenvalue weighted by atomic mass is 35.5. The second kappa shape index (κ2) is 11.7. The normalized spacial score (nSPS) is 23.7. The molecule has 0 aromatic heterocycles. The van der Waals surface area contributed by atoms with Crippen LogP contribution in [-0.4, -0.2) is 76.7 Å². The Labute approximate surface area is 238 Å². The standard InChI is InChI=1S/C32H43ClFN3O2/c1-20-8-9-24(21(2)14-20)15-30(23(4)38)35-12-13-37(22(3)17-35)31(39)28-19-36(32(5,6)7)18-27(28)26-11-10-25(33)16-29(26)34/h8-11,14,16,22,27-28,30H,12-13,15,17-19H2,1-7H3/t22-,27-,28+,30-/m0/s1. The van der Waals surface area contributed by atoms with Gasteiger partial charge in [-0.3, -0.25) is 19.4 Å². The van der Waals surface area contributed by atoms with Gasteiger partial charge >= 0.3 is 0 Å². The van der Waals surface area contributed by atoms with Gasteiger partial charge in [0.25, 0.3) is 0 Å². The monoisotopic (exact) mass is 555 g/mol. The van der Waals surface area contributed by atoms with Crippen LogP contribution >= 0.6 is 11.6 Å². The fourth-order valence-corrected chi connectivity index (χ4v) is 6.50. The van der Waals surface area contributed by atoms with Crippen LogP contribution < -0.4 is 0 Å². The highest BCUT2D eigenvalue weighted by Gasteiger charge is 2.46. The Bertz CT molecular complexity index is 1230. The van der Waals surface area contributed by atoms with E-state index in [2.05, 4.69) is 69.5 Å². The molecular formula is C32H43ClFN3O2. The zero-order chi connectivity index (χ0) is 28.6. The first-order chi connectivity index (χ1) is 18.3. The highest BCUT2D eigenvalue weighted by Crippen LogP contribution is 2.39. The third-order valence-corrected chi connectivity index (χ3v) is 8.95. The molecule has 4 atom stereocenters. The summed E-state index contributed by atoms with van der Waals surface area (Å²) in [5.41, 5.74) is 4.02. The second-order valence-corrected chi connectivity index (χ2v) is 13.0. The first kappa shape index (κ1) is 29.7. The van der Waals surface area contributed by atoms with Gasteiger partial charge in [0.2, 0.25) is 5.91 Å². The molecule has 0 bridgehead atoms. The number of piperazine rings is 1. The van der Waals surface area contributed by atoms with E-state index in [1.165, 1.54) is 22.8 Å². The Morgan fingerprint density at radius 2 is 1.77 bits per heavy atom. The first-order valence-electron chi connectivity index (χ1n) is 14.1. The number of benzene rings is 2. The Morgan fingerprint density at radius 3 is 2.36 bits per heavy atom. The summed E-state index contributed by atoms with van der Waals surface area (Å²) < 4.78 is 15.1. The van der Waals surface area contributed by atoms with Crippen LogP contribution in [0.2, 0.25) is 5.02 Å². The van der Waals surface area contributed by atoms with Gasteiger partial charge in [-0.2, -0.15) is 0 Å². The molecule has 4 rings (SSSR count). The van der Waals surface area contributed by atoms with Gasteiger partial charge in [-0.15, -0.1) is 0 Å². The maximum absolute atomic E-state index is 15.1. The molecule has 39 heavy (non-hydrogen) atoms. The van der Waals surface area contributed by atoms with Crippen molar-refractivity contribution in [3.05, 3.63) is 69.5 Å². The quantitative estimate of drug-likeness (QED) is 0.462. The average molecular weight is 556 g/mol. The number of rotatable bonds is 6. The number of ketones is 1. The van der Waals surface area contributed by atoms with Gasteiger partial charge in [0.1, 0.15) is 11.6 Å². The Morgan fingerprint density at radius 1 is 1.05 bits per heavy atom. The third-order valence-electron chi connectivity index (χ3n) is 8.71. The molecule has 2 aliphatic rings. The minimum atomic E-state index is -0.352. The average Bonchev–Trinajstić information content (AvgIpc) is 3.29. The van der Waals surface area contributed by atoms with Gasteiger partial charge in [0, 0.05) is 55.2 Å². The number of hydrogen-bond donors (Lipinski definition) is 0. The van der Waals surface area contributed by atoms with Crippen molar-refractivity contribution in [3.8, 4) is 0 Å². The topological polar surface area (TPSA) is 43.9 Å². The van der Waals surface area contributed by atoms with Crippen molar-refractivity contribution < 1.29 is 14.0 Å². The predicted molar refractivity (Wildman–Crippen MR) is 156 cm³/mol. The summed E-state index contributed by atoms with van der Waals surface area (Å²) in [6, 6.07) is 10.9. The number of likely N-dealkylation sites (tertiary alicyclic amines) is 1. The van der Waals surface area contributed by atoms with Crippen molar-refractivity contribution in [1.29, 1.82) is 0 Å². The molecule has 0 N–H and O–H groups in total. The minimum Gasteiger partial charge on any atom is -0.337 e. The summed E-state index contributed by atoms with van der Waals surface area (Å²) in [6.07, 6.45) is 0.670. The molecule has 2 heterocycles. The second-order valence-electron chi connectivity index (χ2n) is 12.6.